The van der Waals surface area contributed by atoms with Crippen LogP contribution in [0, 0.1) is 5.92 Å². The van der Waals surface area contributed by atoms with E-state index in [0.717, 1.165) is 31.2 Å². The van der Waals surface area contributed by atoms with Crippen LogP contribution in [0.2, 0.25) is 0 Å². The van der Waals surface area contributed by atoms with Crippen LogP contribution >= 0.6 is 0 Å². The first-order valence-electron chi connectivity index (χ1n) is 17.9. The Hall–Kier alpha value is -4.74. The zero-order valence-electron chi connectivity index (χ0n) is 30.0. The Kier molecular flexibility index (Phi) is 14.8. The van der Waals surface area contributed by atoms with Crippen LogP contribution in [0.5, 0.6) is 0 Å². The van der Waals surface area contributed by atoms with Crippen molar-refractivity contribution in [2.45, 2.75) is 72.1 Å². The fraction of sp³-hybridized carbons (Fsp3) is 0.333. The third-order valence-corrected chi connectivity index (χ3v) is 9.09. The Morgan fingerprint density at radius 1 is 0.660 bits per heavy atom. The van der Waals surface area contributed by atoms with Crippen LogP contribution in [0.25, 0.3) is 22.3 Å². The highest BCUT2D eigenvalue weighted by molar-refractivity contribution is 5.88. The summed E-state index contributed by atoms with van der Waals surface area (Å²) in [5.74, 6) is -1.40. The van der Waals surface area contributed by atoms with Crippen LogP contribution in [0.4, 0.5) is 0 Å². The predicted octanol–water partition coefficient (Wildman–Crippen LogP) is 9.47. The van der Waals surface area contributed by atoms with Gasteiger partial charge in [-0.3, -0.25) is 0 Å². The van der Waals surface area contributed by atoms with Crippen molar-refractivity contribution in [1.82, 2.24) is 0 Å². The summed E-state index contributed by atoms with van der Waals surface area (Å²) < 4.78 is 10.7. The second-order valence-corrected chi connectivity index (χ2v) is 13.2. The van der Waals surface area contributed by atoms with Gasteiger partial charge in [0.05, 0.1) is 25.4 Å². The van der Waals surface area contributed by atoms with E-state index in [4.69, 9.17) is 14.6 Å². The molecule has 0 aliphatic carbocycles. The quantitative estimate of drug-likeness (QED) is 0.0610. The molecule has 0 radical (unpaired) electrons. The minimum absolute atomic E-state index is 0.0176. The summed E-state index contributed by atoms with van der Waals surface area (Å²) in [5.41, 5.74) is 11.7. The van der Waals surface area contributed by atoms with Gasteiger partial charge in [0.2, 0.25) is 0 Å². The third-order valence-electron chi connectivity index (χ3n) is 9.09. The summed E-state index contributed by atoms with van der Waals surface area (Å²) >= 11 is 0. The summed E-state index contributed by atoms with van der Waals surface area (Å²) in [6, 6.07) is 33.3. The average Bonchev–Trinajstić information content (AvgIpc) is 3.15. The number of carbonyl (C=O) groups excluding carboxylic acids is 2. The number of hydrogen-bond acceptors (Lipinski definition) is 5. The van der Waals surface area contributed by atoms with Crippen molar-refractivity contribution in [3.8, 4) is 22.3 Å². The first-order chi connectivity index (χ1) is 24.2. The molecule has 50 heavy (non-hydrogen) atoms. The number of benzene rings is 4. The van der Waals surface area contributed by atoms with E-state index in [-0.39, 0.29) is 24.7 Å². The lowest BCUT2D eigenvalue weighted by Crippen LogP contribution is -2.24. The molecule has 1 N–H and O–H groups in total. The van der Waals surface area contributed by atoms with Gasteiger partial charge in [-0.1, -0.05) is 131 Å². The molecule has 4 rings (SSSR count). The molecule has 5 heteroatoms. The van der Waals surface area contributed by atoms with Gasteiger partial charge in [-0.15, -0.1) is 0 Å². The highest BCUT2D eigenvalue weighted by atomic mass is 16.5. The van der Waals surface area contributed by atoms with E-state index in [9.17, 15) is 9.59 Å². The lowest BCUT2D eigenvalue weighted by molar-refractivity contribution is -0.144. The van der Waals surface area contributed by atoms with E-state index in [2.05, 4.69) is 118 Å². The normalized spacial score (nSPS) is 11.5. The van der Waals surface area contributed by atoms with Crippen LogP contribution in [0.15, 0.2) is 115 Å². The Morgan fingerprint density at radius 3 is 1.74 bits per heavy atom. The molecule has 1 unspecified atom stereocenters. The van der Waals surface area contributed by atoms with Crippen molar-refractivity contribution in [2.75, 3.05) is 19.8 Å². The van der Waals surface area contributed by atoms with E-state index in [1.807, 2.05) is 0 Å². The molecule has 0 aliphatic heterocycles. The number of carbonyl (C=O) groups is 2. The largest absolute Gasteiger partial charge is 0.462 e. The van der Waals surface area contributed by atoms with Crippen molar-refractivity contribution < 1.29 is 24.2 Å². The Morgan fingerprint density at radius 2 is 1.18 bits per heavy atom. The van der Waals surface area contributed by atoms with Crippen molar-refractivity contribution in [3.63, 3.8) is 0 Å². The summed E-state index contributed by atoms with van der Waals surface area (Å²) in [4.78, 5) is 24.0. The minimum atomic E-state index is -0.662. The molecule has 0 spiro atoms. The Labute approximate surface area is 298 Å². The van der Waals surface area contributed by atoms with Crippen LogP contribution in [-0.2, 0) is 51.2 Å². The monoisotopic (exact) mass is 672 g/mol. The third kappa shape index (κ3) is 11.4. The number of aliphatic hydroxyl groups excluding tert-OH is 1. The molecule has 0 aliphatic rings. The average molecular weight is 673 g/mol. The maximum Gasteiger partial charge on any atom is 0.335 e. The summed E-state index contributed by atoms with van der Waals surface area (Å²) in [6.07, 6.45) is 8.31. The van der Waals surface area contributed by atoms with E-state index >= 15 is 0 Å². The Balaban J connectivity index is 1.33. The second kappa shape index (κ2) is 19.4. The van der Waals surface area contributed by atoms with Crippen LogP contribution < -0.4 is 0 Å². The molecule has 4 aromatic rings. The standard InChI is InChI=1S/C45H52O5/c1-6-8-9-10-34-19-23-41(24-20-34)43-26-25-42(28-39(43)7-2)40-21-17-36(18-22-40)12-11-35-13-15-37(16-14-35)27-38(30-49-44(47)32(3)4)31-50-45(48)33(5)29-46/h13-26,28,38,46H,3,5-12,27,29-31H2,1-2,4H3. The number of ether oxygens (including phenoxy) is 2. The fourth-order valence-corrected chi connectivity index (χ4v) is 5.95. The van der Waals surface area contributed by atoms with Gasteiger partial charge in [-0.2, -0.15) is 0 Å². The number of hydrogen-bond donors (Lipinski definition) is 1. The van der Waals surface area contributed by atoms with Gasteiger partial charge in [0.25, 0.3) is 0 Å². The highest BCUT2D eigenvalue weighted by Gasteiger charge is 2.17. The summed E-state index contributed by atoms with van der Waals surface area (Å²) in [6.45, 7) is 12.8. The maximum absolute atomic E-state index is 12.0. The van der Waals surface area contributed by atoms with Crippen LogP contribution in [0.1, 0.15) is 67.9 Å². The van der Waals surface area contributed by atoms with Crippen molar-refractivity contribution >= 4 is 11.9 Å². The van der Waals surface area contributed by atoms with E-state index < -0.39 is 18.5 Å². The molecule has 5 nitrogen and oxygen atoms in total. The lowest BCUT2D eigenvalue weighted by Gasteiger charge is -2.18. The van der Waals surface area contributed by atoms with Crippen LogP contribution in [-0.4, -0.2) is 36.9 Å². The highest BCUT2D eigenvalue weighted by Crippen LogP contribution is 2.30. The van der Waals surface area contributed by atoms with Crippen molar-refractivity contribution in [1.29, 1.82) is 0 Å². The Bertz CT molecular complexity index is 1720. The molecule has 0 aromatic heterocycles. The molecule has 1 atom stereocenters. The van der Waals surface area contributed by atoms with E-state index in [1.165, 1.54) is 63.8 Å². The van der Waals surface area contributed by atoms with E-state index in [1.54, 1.807) is 6.92 Å². The fourth-order valence-electron chi connectivity index (χ4n) is 5.95. The lowest BCUT2D eigenvalue weighted by atomic mass is 9.92. The summed E-state index contributed by atoms with van der Waals surface area (Å²) in [5, 5.41) is 9.15. The van der Waals surface area contributed by atoms with Gasteiger partial charge in [0.15, 0.2) is 0 Å². The van der Waals surface area contributed by atoms with Gasteiger partial charge in [0.1, 0.15) is 0 Å². The van der Waals surface area contributed by atoms with Gasteiger partial charge >= 0.3 is 11.9 Å². The van der Waals surface area contributed by atoms with E-state index in [0.29, 0.717) is 12.0 Å². The topological polar surface area (TPSA) is 72.8 Å². The number of aliphatic hydroxyl groups is 1. The van der Waals surface area contributed by atoms with Gasteiger partial charge in [0, 0.05) is 11.5 Å². The summed E-state index contributed by atoms with van der Waals surface area (Å²) in [7, 11) is 0. The number of unbranched alkanes of at least 4 members (excludes halogenated alkanes) is 2. The SMILES string of the molecule is C=C(C)C(=O)OCC(COC(=O)C(=C)CO)Cc1ccc(CCc2ccc(-c3ccc(-c4ccc(CCCCC)cc4)c(CC)c3)cc2)cc1. The second-order valence-electron chi connectivity index (χ2n) is 13.2. The van der Waals surface area contributed by atoms with Crippen LogP contribution in [0.3, 0.4) is 0 Å². The maximum atomic E-state index is 12.0. The first-order valence-corrected chi connectivity index (χ1v) is 17.9. The molecule has 0 bridgehead atoms. The number of esters is 2. The van der Waals surface area contributed by atoms with Crippen molar-refractivity contribution in [2.24, 2.45) is 5.92 Å². The predicted molar refractivity (Wildman–Crippen MR) is 204 cm³/mol. The molecule has 4 aromatic carbocycles. The molecule has 0 fully saturated rings. The molecule has 0 heterocycles. The zero-order valence-corrected chi connectivity index (χ0v) is 30.0. The van der Waals surface area contributed by atoms with Gasteiger partial charge in [-0.05, 0) is 95.5 Å². The molecule has 0 saturated carbocycles. The van der Waals surface area contributed by atoms with Crippen molar-refractivity contribution in [3.05, 3.63) is 143 Å². The van der Waals surface area contributed by atoms with Gasteiger partial charge < -0.3 is 14.6 Å². The number of rotatable bonds is 19. The first kappa shape index (κ1) is 38.1. The molecular weight excluding hydrogens is 620 g/mol. The number of aryl methyl sites for hydroxylation is 4. The minimum Gasteiger partial charge on any atom is -0.462 e. The molecule has 262 valence electrons. The molecule has 0 saturated heterocycles. The molecule has 0 amide bonds. The smallest absolute Gasteiger partial charge is 0.335 e. The van der Waals surface area contributed by atoms with Gasteiger partial charge in [-0.25, -0.2) is 9.59 Å². The zero-order chi connectivity index (χ0) is 35.9. The molecular formula is C45H52O5.